The molecule has 3 N–H and O–H groups in total. The summed E-state index contributed by atoms with van der Waals surface area (Å²) >= 11 is 0. The minimum atomic E-state index is -0.679. The number of carbonyl (C=O) groups is 2. The van der Waals surface area contributed by atoms with Crippen LogP contribution in [0.2, 0.25) is 0 Å². The van der Waals surface area contributed by atoms with E-state index in [4.69, 9.17) is 4.74 Å². The zero-order valence-electron chi connectivity index (χ0n) is 42.3. The summed E-state index contributed by atoms with van der Waals surface area (Å²) in [5.41, 5.74) is 0. The second-order valence-corrected chi connectivity index (χ2v) is 19.3. The van der Waals surface area contributed by atoms with E-state index in [1.54, 1.807) is 0 Å². The van der Waals surface area contributed by atoms with E-state index in [9.17, 15) is 19.8 Å². The smallest absolute Gasteiger partial charge is 0.305 e. The van der Waals surface area contributed by atoms with Gasteiger partial charge in [0.15, 0.2) is 0 Å². The Morgan fingerprint density at radius 2 is 0.778 bits per heavy atom. The van der Waals surface area contributed by atoms with Crippen LogP contribution in [0.4, 0.5) is 0 Å². The highest BCUT2D eigenvalue weighted by molar-refractivity contribution is 5.76. The minimum absolute atomic E-state index is 0.0206. The van der Waals surface area contributed by atoms with Crippen molar-refractivity contribution in [2.75, 3.05) is 13.2 Å². The second kappa shape index (κ2) is 53.0. The lowest BCUT2D eigenvalue weighted by Gasteiger charge is -2.22. The van der Waals surface area contributed by atoms with Crippen LogP contribution >= 0.6 is 0 Å². The number of hydrogen-bond acceptors (Lipinski definition) is 5. The zero-order chi connectivity index (χ0) is 45.8. The Morgan fingerprint density at radius 1 is 0.444 bits per heavy atom. The Kier molecular flexibility index (Phi) is 51.6. The Labute approximate surface area is 392 Å². The third-order valence-electron chi connectivity index (χ3n) is 13.0. The molecule has 372 valence electrons. The van der Waals surface area contributed by atoms with Crippen molar-refractivity contribution in [1.82, 2.24) is 5.32 Å². The predicted molar refractivity (Wildman–Crippen MR) is 273 cm³/mol. The van der Waals surface area contributed by atoms with E-state index in [1.165, 1.54) is 193 Å². The molecule has 2 atom stereocenters. The van der Waals surface area contributed by atoms with E-state index in [0.29, 0.717) is 25.9 Å². The fourth-order valence-electron chi connectivity index (χ4n) is 8.69. The van der Waals surface area contributed by atoms with Gasteiger partial charge >= 0.3 is 5.97 Å². The van der Waals surface area contributed by atoms with Gasteiger partial charge in [0.1, 0.15) is 0 Å². The molecule has 0 fully saturated rings. The first kappa shape index (κ1) is 61.3. The Hall–Kier alpha value is -1.66. The van der Waals surface area contributed by atoms with E-state index in [-0.39, 0.29) is 18.5 Å². The van der Waals surface area contributed by atoms with Crippen molar-refractivity contribution in [3.8, 4) is 0 Å². The van der Waals surface area contributed by atoms with Crippen molar-refractivity contribution < 1.29 is 24.5 Å². The summed E-state index contributed by atoms with van der Waals surface area (Å²) in [6.07, 6.45) is 63.0. The highest BCUT2D eigenvalue weighted by atomic mass is 16.5. The molecule has 0 aliphatic heterocycles. The molecule has 0 aliphatic rings. The molecule has 63 heavy (non-hydrogen) atoms. The lowest BCUT2D eigenvalue weighted by molar-refractivity contribution is -0.143. The first-order valence-electron chi connectivity index (χ1n) is 28.1. The van der Waals surface area contributed by atoms with E-state index in [2.05, 4.69) is 43.5 Å². The number of aliphatic hydroxyl groups excluding tert-OH is 2. The zero-order valence-corrected chi connectivity index (χ0v) is 42.3. The normalized spacial score (nSPS) is 12.8. The van der Waals surface area contributed by atoms with Crippen LogP contribution in [-0.4, -0.2) is 47.4 Å². The van der Waals surface area contributed by atoms with Crippen LogP contribution in [0.3, 0.4) is 0 Å². The number of unbranched alkanes of at least 4 members (excludes halogenated alkanes) is 38. The molecule has 0 bridgehead atoms. The molecule has 0 radical (unpaired) electrons. The fraction of sp³-hybridized carbons (Fsp3) is 0.895. The van der Waals surface area contributed by atoms with Gasteiger partial charge in [-0.05, 0) is 57.8 Å². The average molecular weight is 889 g/mol. The Balaban J connectivity index is 3.52. The summed E-state index contributed by atoms with van der Waals surface area (Å²) in [5.74, 6) is -0.0758. The van der Waals surface area contributed by atoms with Gasteiger partial charge in [0.25, 0.3) is 0 Å². The SMILES string of the molecule is CCCCCCCCCCCCCCCCCCCCCC(O)C(CO)NC(=O)CCCCCCCC/C=C\C=C/CCCCCOC(=O)CCCCCCCCCCCCCC. The van der Waals surface area contributed by atoms with Crippen molar-refractivity contribution in [3.63, 3.8) is 0 Å². The Morgan fingerprint density at radius 3 is 1.17 bits per heavy atom. The summed E-state index contributed by atoms with van der Waals surface area (Å²) in [7, 11) is 0. The number of esters is 1. The van der Waals surface area contributed by atoms with Crippen LogP contribution in [0, 0.1) is 0 Å². The number of rotatable bonds is 52. The lowest BCUT2D eigenvalue weighted by atomic mass is 10.0. The maximum atomic E-state index is 12.5. The molecule has 0 aliphatic carbocycles. The standard InChI is InChI=1S/C57H109NO5/c1-3-5-7-9-11-13-15-17-18-19-20-21-23-26-29-33-37-41-45-49-55(60)54(53-59)58-56(61)50-46-42-38-34-30-27-24-22-25-28-32-36-40-44-48-52-63-57(62)51-47-43-39-35-31-16-14-12-10-8-6-4-2/h22,25,28,32,54-55,59-60H,3-21,23-24,26-27,29-31,33-53H2,1-2H3,(H,58,61)/b25-22-,32-28-. The summed E-state index contributed by atoms with van der Waals surface area (Å²) in [4.78, 5) is 24.5. The number of amides is 1. The molecule has 0 aromatic heterocycles. The summed E-state index contributed by atoms with van der Waals surface area (Å²) < 4.78 is 5.43. The number of nitrogens with one attached hydrogen (secondary N) is 1. The first-order valence-corrected chi connectivity index (χ1v) is 28.1. The molecule has 0 rings (SSSR count). The second-order valence-electron chi connectivity index (χ2n) is 19.3. The van der Waals surface area contributed by atoms with Gasteiger partial charge in [0.2, 0.25) is 5.91 Å². The molecule has 0 saturated carbocycles. The summed E-state index contributed by atoms with van der Waals surface area (Å²) in [6, 6.07) is -0.558. The average Bonchev–Trinajstić information content (AvgIpc) is 3.28. The maximum absolute atomic E-state index is 12.5. The van der Waals surface area contributed by atoms with Gasteiger partial charge in [0.05, 0.1) is 25.4 Å². The number of aliphatic hydroxyl groups is 2. The highest BCUT2D eigenvalue weighted by Crippen LogP contribution is 2.17. The van der Waals surface area contributed by atoms with Crippen LogP contribution < -0.4 is 5.32 Å². The van der Waals surface area contributed by atoms with E-state index < -0.39 is 12.1 Å². The first-order chi connectivity index (χ1) is 31.0. The van der Waals surface area contributed by atoms with Crippen molar-refractivity contribution in [2.24, 2.45) is 0 Å². The van der Waals surface area contributed by atoms with Crippen LogP contribution in [0.25, 0.3) is 0 Å². The molecule has 6 heteroatoms. The molecule has 0 spiro atoms. The van der Waals surface area contributed by atoms with E-state index in [0.717, 1.165) is 77.0 Å². The largest absolute Gasteiger partial charge is 0.466 e. The third kappa shape index (κ3) is 49.6. The monoisotopic (exact) mass is 888 g/mol. The van der Waals surface area contributed by atoms with Crippen LogP contribution in [0.1, 0.15) is 303 Å². The minimum Gasteiger partial charge on any atom is -0.466 e. The van der Waals surface area contributed by atoms with E-state index in [1.807, 2.05) is 0 Å². The number of carbonyl (C=O) groups excluding carboxylic acids is 2. The number of hydrogen-bond donors (Lipinski definition) is 3. The van der Waals surface area contributed by atoms with Gasteiger partial charge in [-0.2, -0.15) is 0 Å². The van der Waals surface area contributed by atoms with Crippen LogP contribution in [-0.2, 0) is 14.3 Å². The van der Waals surface area contributed by atoms with E-state index >= 15 is 0 Å². The molecule has 1 amide bonds. The third-order valence-corrected chi connectivity index (χ3v) is 13.0. The predicted octanol–water partition coefficient (Wildman–Crippen LogP) is 17.1. The van der Waals surface area contributed by atoms with Crippen molar-refractivity contribution >= 4 is 11.9 Å². The molecule has 6 nitrogen and oxygen atoms in total. The molecule has 0 heterocycles. The van der Waals surface area contributed by atoms with Gasteiger partial charge < -0.3 is 20.3 Å². The van der Waals surface area contributed by atoms with Gasteiger partial charge in [-0.3, -0.25) is 9.59 Å². The van der Waals surface area contributed by atoms with Gasteiger partial charge in [-0.1, -0.05) is 256 Å². The van der Waals surface area contributed by atoms with Gasteiger partial charge in [-0.25, -0.2) is 0 Å². The molecule has 0 saturated heterocycles. The van der Waals surface area contributed by atoms with Crippen molar-refractivity contribution in [1.29, 1.82) is 0 Å². The van der Waals surface area contributed by atoms with Crippen molar-refractivity contribution in [2.45, 2.75) is 315 Å². The maximum Gasteiger partial charge on any atom is 0.305 e. The molecule has 0 aromatic carbocycles. The summed E-state index contributed by atoms with van der Waals surface area (Å²) in [5, 5.41) is 23.3. The Bertz CT molecular complexity index is 982. The quantitative estimate of drug-likeness (QED) is 0.0321. The molecular formula is C57H109NO5. The number of allylic oxidation sites excluding steroid dienone is 4. The lowest BCUT2D eigenvalue weighted by Crippen LogP contribution is -2.45. The molecule has 0 aromatic rings. The topological polar surface area (TPSA) is 95.9 Å². The molecular weight excluding hydrogens is 779 g/mol. The van der Waals surface area contributed by atoms with Crippen molar-refractivity contribution in [3.05, 3.63) is 24.3 Å². The van der Waals surface area contributed by atoms with Gasteiger partial charge in [0, 0.05) is 12.8 Å². The fourth-order valence-corrected chi connectivity index (χ4v) is 8.69. The highest BCUT2D eigenvalue weighted by Gasteiger charge is 2.20. The molecule has 2 unspecified atom stereocenters. The number of ether oxygens (including phenoxy) is 1. The van der Waals surface area contributed by atoms with Gasteiger partial charge in [-0.15, -0.1) is 0 Å². The van der Waals surface area contributed by atoms with Crippen LogP contribution in [0.15, 0.2) is 24.3 Å². The van der Waals surface area contributed by atoms with Crippen LogP contribution in [0.5, 0.6) is 0 Å². The summed E-state index contributed by atoms with van der Waals surface area (Å²) in [6.45, 7) is 4.91.